The van der Waals surface area contributed by atoms with E-state index in [0.29, 0.717) is 0 Å². The predicted molar refractivity (Wildman–Crippen MR) is 93.0 cm³/mol. The van der Waals surface area contributed by atoms with Gasteiger partial charge < -0.3 is 5.32 Å². The van der Waals surface area contributed by atoms with E-state index in [1.165, 1.54) is 20.9 Å². The summed E-state index contributed by atoms with van der Waals surface area (Å²) in [5, 5.41) is 5.35. The van der Waals surface area contributed by atoms with E-state index in [0.717, 1.165) is 17.1 Å². The van der Waals surface area contributed by atoms with Crippen molar-refractivity contribution in [2.45, 2.75) is 6.54 Å². The third-order valence-corrected chi connectivity index (χ3v) is 5.13. The Kier molecular flexibility index (Phi) is 3.65. The van der Waals surface area contributed by atoms with E-state index >= 15 is 0 Å². The average Bonchev–Trinajstić information content (AvgIpc) is 2.97. The Morgan fingerprint density at radius 3 is 2.46 bits per heavy atom. The normalized spacial score (nSPS) is 11.3. The maximum Gasteiger partial charge on any atom is 0.194 e. The van der Waals surface area contributed by atoms with Crippen LogP contribution in [-0.2, 0) is 6.54 Å². The first-order chi connectivity index (χ1) is 11.6. The van der Waals surface area contributed by atoms with Gasteiger partial charge in [0.25, 0.3) is 0 Å². The summed E-state index contributed by atoms with van der Waals surface area (Å²) in [4.78, 5) is 0. The highest BCUT2D eigenvalue weighted by Gasteiger charge is 2.13. The summed E-state index contributed by atoms with van der Waals surface area (Å²) in [6.07, 6.45) is 0. The number of thiophene rings is 1. The summed E-state index contributed by atoms with van der Waals surface area (Å²) in [5.41, 5.74) is 0.888. The molecule has 0 saturated heterocycles. The maximum atomic E-state index is 13.7. The first kappa shape index (κ1) is 15.0. The van der Waals surface area contributed by atoms with Gasteiger partial charge in [0.05, 0.1) is 0 Å². The summed E-state index contributed by atoms with van der Waals surface area (Å²) < 4.78 is 42.4. The van der Waals surface area contributed by atoms with Crippen molar-refractivity contribution in [2.75, 3.05) is 5.32 Å². The molecule has 0 saturated carbocycles. The number of fused-ring (bicyclic) bond motifs is 3. The fraction of sp³-hybridized carbons (Fsp3) is 0.0526. The molecule has 0 amide bonds. The third kappa shape index (κ3) is 2.51. The van der Waals surface area contributed by atoms with Gasteiger partial charge in [-0.2, -0.15) is 0 Å². The van der Waals surface area contributed by atoms with E-state index in [4.69, 9.17) is 0 Å². The molecule has 1 heterocycles. The molecule has 0 unspecified atom stereocenters. The van der Waals surface area contributed by atoms with Crippen molar-refractivity contribution in [2.24, 2.45) is 0 Å². The van der Waals surface area contributed by atoms with E-state index in [-0.39, 0.29) is 12.1 Å². The number of hydrogen-bond donors (Lipinski definition) is 1. The van der Waals surface area contributed by atoms with Gasteiger partial charge in [0.15, 0.2) is 17.5 Å². The van der Waals surface area contributed by atoms with Crippen molar-refractivity contribution in [3.05, 3.63) is 77.6 Å². The van der Waals surface area contributed by atoms with Crippen LogP contribution in [0.1, 0.15) is 5.56 Å². The molecular formula is C19H12F3NS. The minimum absolute atomic E-state index is 0.0800. The molecule has 1 aromatic heterocycles. The van der Waals surface area contributed by atoms with Gasteiger partial charge >= 0.3 is 0 Å². The summed E-state index contributed by atoms with van der Waals surface area (Å²) in [6, 6.07) is 16.2. The van der Waals surface area contributed by atoms with Crippen molar-refractivity contribution in [1.82, 2.24) is 0 Å². The Hall–Kier alpha value is -2.53. The number of halogens is 3. The van der Waals surface area contributed by atoms with Gasteiger partial charge in [-0.3, -0.25) is 0 Å². The Morgan fingerprint density at radius 2 is 1.58 bits per heavy atom. The van der Waals surface area contributed by atoms with Crippen molar-refractivity contribution < 1.29 is 13.2 Å². The Bertz CT molecular complexity index is 1060. The zero-order valence-corrected chi connectivity index (χ0v) is 13.3. The number of hydrogen-bond acceptors (Lipinski definition) is 2. The molecule has 3 aromatic carbocycles. The van der Waals surface area contributed by atoms with Crippen LogP contribution in [0, 0.1) is 17.5 Å². The second-order valence-corrected chi connectivity index (χ2v) is 6.58. The molecule has 0 radical (unpaired) electrons. The first-order valence-corrected chi connectivity index (χ1v) is 8.22. The molecule has 1 nitrogen and oxygen atoms in total. The standard InChI is InChI=1S/C19H12F3NS/c20-15-7-5-11(18(21)19(15)22)10-23-12-6-8-17-14(9-12)13-3-1-2-4-16(13)24-17/h1-9,23H,10H2. The zero-order chi connectivity index (χ0) is 16.7. The third-order valence-electron chi connectivity index (χ3n) is 3.97. The minimum Gasteiger partial charge on any atom is -0.381 e. The molecule has 0 fully saturated rings. The lowest BCUT2D eigenvalue weighted by atomic mass is 10.1. The molecule has 0 spiro atoms. The summed E-state index contributed by atoms with van der Waals surface area (Å²) in [6.45, 7) is 0.0800. The lowest BCUT2D eigenvalue weighted by Crippen LogP contribution is -2.04. The van der Waals surface area contributed by atoms with Crippen LogP contribution in [0.5, 0.6) is 0 Å². The fourth-order valence-electron chi connectivity index (χ4n) is 2.74. The lowest BCUT2D eigenvalue weighted by molar-refractivity contribution is 0.442. The molecular weight excluding hydrogens is 331 g/mol. The molecule has 1 N–H and O–H groups in total. The van der Waals surface area contributed by atoms with Crippen LogP contribution < -0.4 is 5.32 Å². The highest BCUT2D eigenvalue weighted by molar-refractivity contribution is 7.25. The molecule has 0 aliphatic heterocycles. The molecule has 4 rings (SSSR count). The minimum atomic E-state index is -1.44. The molecule has 5 heteroatoms. The summed E-state index contributed by atoms with van der Waals surface area (Å²) in [5.74, 6) is -3.76. The Labute approximate surface area is 140 Å². The van der Waals surface area contributed by atoms with Gasteiger partial charge in [-0.15, -0.1) is 11.3 Å². The number of nitrogens with one attached hydrogen (secondary N) is 1. The first-order valence-electron chi connectivity index (χ1n) is 7.41. The SMILES string of the molecule is Fc1ccc(CNc2ccc3sc4ccccc4c3c2)c(F)c1F. The van der Waals surface area contributed by atoms with E-state index in [1.807, 2.05) is 30.3 Å². The van der Waals surface area contributed by atoms with E-state index in [1.54, 1.807) is 11.3 Å². The quantitative estimate of drug-likeness (QED) is 0.444. The highest BCUT2D eigenvalue weighted by Crippen LogP contribution is 2.35. The monoisotopic (exact) mass is 343 g/mol. The van der Waals surface area contributed by atoms with E-state index < -0.39 is 17.5 Å². The van der Waals surface area contributed by atoms with Gasteiger partial charge in [-0.1, -0.05) is 24.3 Å². The van der Waals surface area contributed by atoms with Crippen LogP contribution in [0.25, 0.3) is 20.2 Å². The Balaban J connectivity index is 1.65. The smallest absolute Gasteiger partial charge is 0.194 e. The van der Waals surface area contributed by atoms with Crippen molar-refractivity contribution in [1.29, 1.82) is 0 Å². The number of anilines is 1. The van der Waals surface area contributed by atoms with Gasteiger partial charge in [0.1, 0.15) is 0 Å². The van der Waals surface area contributed by atoms with Crippen molar-refractivity contribution >= 4 is 37.2 Å². The topological polar surface area (TPSA) is 12.0 Å². The fourth-order valence-corrected chi connectivity index (χ4v) is 3.82. The summed E-state index contributed by atoms with van der Waals surface area (Å²) in [7, 11) is 0. The average molecular weight is 343 g/mol. The predicted octanol–water partition coefficient (Wildman–Crippen LogP) is 6.08. The summed E-state index contributed by atoms with van der Waals surface area (Å²) >= 11 is 1.71. The molecule has 24 heavy (non-hydrogen) atoms. The van der Waals surface area contributed by atoms with E-state index in [9.17, 15) is 13.2 Å². The van der Waals surface area contributed by atoms with Crippen LogP contribution in [-0.4, -0.2) is 0 Å². The van der Waals surface area contributed by atoms with Crippen LogP contribution in [0.3, 0.4) is 0 Å². The maximum absolute atomic E-state index is 13.7. The van der Waals surface area contributed by atoms with Crippen LogP contribution in [0.4, 0.5) is 18.9 Å². The van der Waals surface area contributed by atoms with Crippen molar-refractivity contribution in [3.63, 3.8) is 0 Å². The van der Waals surface area contributed by atoms with Crippen LogP contribution >= 0.6 is 11.3 Å². The molecule has 0 aliphatic rings. The molecule has 0 bridgehead atoms. The van der Waals surface area contributed by atoms with Gasteiger partial charge in [-0.05, 0) is 30.3 Å². The largest absolute Gasteiger partial charge is 0.381 e. The molecule has 120 valence electrons. The van der Waals surface area contributed by atoms with Gasteiger partial charge in [0, 0.05) is 38.0 Å². The highest BCUT2D eigenvalue weighted by atomic mass is 32.1. The second-order valence-electron chi connectivity index (χ2n) is 5.50. The Morgan fingerprint density at radius 1 is 0.792 bits per heavy atom. The number of rotatable bonds is 3. The van der Waals surface area contributed by atoms with Gasteiger partial charge in [-0.25, -0.2) is 13.2 Å². The zero-order valence-electron chi connectivity index (χ0n) is 12.4. The molecule has 0 atom stereocenters. The lowest BCUT2D eigenvalue weighted by Gasteiger charge is -2.08. The van der Waals surface area contributed by atoms with Gasteiger partial charge in [0.2, 0.25) is 0 Å². The molecule has 0 aliphatic carbocycles. The number of benzene rings is 3. The second kappa shape index (κ2) is 5.83. The van der Waals surface area contributed by atoms with Crippen LogP contribution in [0.15, 0.2) is 54.6 Å². The molecule has 4 aromatic rings. The van der Waals surface area contributed by atoms with E-state index in [2.05, 4.69) is 17.4 Å². The van der Waals surface area contributed by atoms with Crippen LogP contribution in [0.2, 0.25) is 0 Å². The van der Waals surface area contributed by atoms with Crippen molar-refractivity contribution in [3.8, 4) is 0 Å².